The maximum atomic E-state index is 13.4. The summed E-state index contributed by atoms with van der Waals surface area (Å²) in [6.45, 7) is 2.03. The molecule has 3 nitrogen and oxygen atoms in total. The molecule has 1 aliphatic carbocycles. The first-order chi connectivity index (χ1) is 10.0. The summed E-state index contributed by atoms with van der Waals surface area (Å²) in [4.78, 5) is 4.43. The van der Waals surface area contributed by atoms with Crippen molar-refractivity contribution >= 4 is 5.82 Å². The van der Waals surface area contributed by atoms with E-state index in [1.165, 1.54) is 0 Å². The third kappa shape index (κ3) is 2.39. The normalized spacial score (nSPS) is 14.7. The molecule has 1 aromatic heterocycles. The van der Waals surface area contributed by atoms with Crippen molar-refractivity contribution in [1.29, 1.82) is 0 Å². The molecule has 0 amide bonds. The summed E-state index contributed by atoms with van der Waals surface area (Å²) in [6, 6.07) is 2.19. The number of imidazole rings is 1. The van der Waals surface area contributed by atoms with E-state index in [2.05, 4.69) is 4.98 Å². The molecule has 112 valence electrons. The van der Waals surface area contributed by atoms with E-state index in [0.29, 0.717) is 17.6 Å². The van der Waals surface area contributed by atoms with E-state index in [-0.39, 0.29) is 5.56 Å². The second-order valence-corrected chi connectivity index (χ2v) is 5.37. The Hall–Kier alpha value is -1.98. The number of halogens is 3. The minimum atomic E-state index is -1.48. The van der Waals surface area contributed by atoms with Crippen LogP contribution >= 0.6 is 0 Å². The van der Waals surface area contributed by atoms with Crippen LogP contribution in [0.5, 0.6) is 0 Å². The van der Waals surface area contributed by atoms with Gasteiger partial charge in [-0.1, -0.05) is 6.92 Å². The van der Waals surface area contributed by atoms with Crippen molar-refractivity contribution in [3.8, 4) is 11.3 Å². The standard InChI is InChI=1S/C15H16F3N3/c1-2-3-12-20-14(15(19)21(12)9-4-5-9)8-6-10(16)13(18)11(17)7-8/h6-7,9H,2-5,19H2,1H3. The summed E-state index contributed by atoms with van der Waals surface area (Å²) in [5.41, 5.74) is 6.60. The molecule has 0 spiro atoms. The zero-order valence-electron chi connectivity index (χ0n) is 11.7. The molecule has 1 heterocycles. The Morgan fingerprint density at radius 3 is 2.38 bits per heavy atom. The van der Waals surface area contributed by atoms with Gasteiger partial charge in [-0.15, -0.1) is 0 Å². The number of rotatable bonds is 4. The van der Waals surface area contributed by atoms with Crippen LogP contribution < -0.4 is 5.73 Å². The van der Waals surface area contributed by atoms with E-state index in [1.807, 2.05) is 11.5 Å². The third-order valence-corrected chi connectivity index (χ3v) is 3.66. The van der Waals surface area contributed by atoms with Gasteiger partial charge in [0.05, 0.1) is 0 Å². The lowest BCUT2D eigenvalue weighted by Crippen LogP contribution is -2.05. The smallest absolute Gasteiger partial charge is 0.194 e. The number of nitrogen functional groups attached to an aromatic ring is 1. The molecule has 21 heavy (non-hydrogen) atoms. The Balaban J connectivity index is 2.12. The Morgan fingerprint density at radius 2 is 1.86 bits per heavy atom. The minimum Gasteiger partial charge on any atom is -0.383 e. The summed E-state index contributed by atoms with van der Waals surface area (Å²) in [5, 5.41) is 0. The maximum absolute atomic E-state index is 13.4. The summed E-state index contributed by atoms with van der Waals surface area (Å²) in [7, 11) is 0. The molecule has 1 aliphatic rings. The lowest BCUT2D eigenvalue weighted by Gasteiger charge is -2.07. The second-order valence-electron chi connectivity index (χ2n) is 5.37. The molecule has 2 aromatic rings. The van der Waals surface area contributed by atoms with Gasteiger partial charge >= 0.3 is 0 Å². The highest BCUT2D eigenvalue weighted by molar-refractivity contribution is 5.71. The number of benzene rings is 1. The molecular weight excluding hydrogens is 279 g/mol. The van der Waals surface area contributed by atoms with Gasteiger partial charge in [-0.25, -0.2) is 18.2 Å². The summed E-state index contributed by atoms with van der Waals surface area (Å²) in [6.07, 6.45) is 3.70. The van der Waals surface area contributed by atoms with E-state index >= 15 is 0 Å². The number of nitrogens with zero attached hydrogens (tertiary/aromatic N) is 2. The fourth-order valence-corrected chi connectivity index (χ4v) is 2.54. The van der Waals surface area contributed by atoms with Gasteiger partial charge in [0.15, 0.2) is 17.5 Å². The molecule has 1 saturated carbocycles. The fourth-order valence-electron chi connectivity index (χ4n) is 2.54. The Morgan fingerprint density at radius 1 is 1.24 bits per heavy atom. The summed E-state index contributed by atoms with van der Waals surface area (Å²) < 4.78 is 41.8. The van der Waals surface area contributed by atoms with Crippen molar-refractivity contribution < 1.29 is 13.2 Å². The molecule has 0 atom stereocenters. The molecule has 0 bridgehead atoms. The SMILES string of the molecule is CCCc1nc(-c2cc(F)c(F)c(F)c2)c(N)n1C1CC1. The van der Waals surface area contributed by atoms with Crippen molar-refractivity contribution in [2.45, 2.75) is 38.6 Å². The van der Waals surface area contributed by atoms with Crippen molar-refractivity contribution in [3.63, 3.8) is 0 Å². The van der Waals surface area contributed by atoms with Gasteiger partial charge < -0.3 is 10.3 Å². The quantitative estimate of drug-likeness (QED) is 0.871. The van der Waals surface area contributed by atoms with Crippen LogP contribution in [-0.2, 0) is 6.42 Å². The van der Waals surface area contributed by atoms with Gasteiger partial charge in [0.25, 0.3) is 0 Å². The highest BCUT2D eigenvalue weighted by Crippen LogP contribution is 2.41. The number of hydrogen-bond acceptors (Lipinski definition) is 2. The number of hydrogen-bond donors (Lipinski definition) is 1. The number of aryl methyl sites for hydroxylation is 1. The Kier molecular flexibility index (Phi) is 3.39. The van der Waals surface area contributed by atoms with Crippen LogP contribution in [0.4, 0.5) is 19.0 Å². The van der Waals surface area contributed by atoms with Crippen LogP contribution in [0.2, 0.25) is 0 Å². The highest BCUT2D eigenvalue weighted by atomic mass is 19.2. The average Bonchev–Trinajstić information content (AvgIpc) is 3.21. The van der Waals surface area contributed by atoms with Crippen LogP contribution in [0.3, 0.4) is 0 Å². The van der Waals surface area contributed by atoms with Crippen LogP contribution in [-0.4, -0.2) is 9.55 Å². The van der Waals surface area contributed by atoms with E-state index < -0.39 is 17.5 Å². The molecule has 6 heteroatoms. The molecule has 0 unspecified atom stereocenters. The van der Waals surface area contributed by atoms with E-state index in [4.69, 9.17) is 5.73 Å². The number of nitrogens with two attached hydrogens (primary N) is 1. The molecule has 0 radical (unpaired) electrons. The van der Waals surface area contributed by atoms with Gasteiger partial charge in [-0.3, -0.25) is 0 Å². The lowest BCUT2D eigenvalue weighted by molar-refractivity contribution is 0.447. The molecule has 1 fully saturated rings. The maximum Gasteiger partial charge on any atom is 0.194 e. The van der Waals surface area contributed by atoms with Crippen molar-refractivity contribution in [3.05, 3.63) is 35.4 Å². The molecule has 3 rings (SSSR count). The summed E-state index contributed by atoms with van der Waals surface area (Å²) >= 11 is 0. The monoisotopic (exact) mass is 295 g/mol. The first-order valence-electron chi connectivity index (χ1n) is 7.04. The van der Waals surface area contributed by atoms with Gasteiger partial charge in [0.2, 0.25) is 0 Å². The number of anilines is 1. The van der Waals surface area contributed by atoms with E-state index in [0.717, 1.165) is 43.6 Å². The fraction of sp³-hybridized carbons (Fsp3) is 0.400. The van der Waals surface area contributed by atoms with Crippen LogP contribution in [0.25, 0.3) is 11.3 Å². The lowest BCUT2D eigenvalue weighted by atomic mass is 10.1. The second kappa shape index (κ2) is 5.09. The molecule has 2 N–H and O–H groups in total. The van der Waals surface area contributed by atoms with Crippen molar-refractivity contribution in [2.24, 2.45) is 0 Å². The highest BCUT2D eigenvalue weighted by Gasteiger charge is 2.30. The van der Waals surface area contributed by atoms with E-state index in [1.54, 1.807) is 0 Å². The van der Waals surface area contributed by atoms with E-state index in [9.17, 15) is 13.2 Å². The van der Waals surface area contributed by atoms with Gasteiger partial charge in [-0.2, -0.15) is 0 Å². The predicted octanol–water partition coefficient (Wildman–Crippen LogP) is 3.84. The van der Waals surface area contributed by atoms with Crippen LogP contribution in [0, 0.1) is 17.5 Å². The average molecular weight is 295 g/mol. The Labute approximate surface area is 120 Å². The molecule has 0 aliphatic heterocycles. The van der Waals surface area contributed by atoms with Crippen LogP contribution in [0.15, 0.2) is 12.1 Å². The molecule has 0 saturated heterocycles. The first kappa shape index (κ1) is 14.0. The van der Waals surface area contributed by atoms with Crippen molar-refractivity contribution in [1.82, 2.24) is 9.55 Å². The third-order valence-electron chi connectivity index (χ3n) is 3.66. The van der Waals surface area contributed by atoms with Gasteiger partial charge in [0, 0.05) is 18.0 Å². The van der Waals surface area contributed by atoms with Gasteiger partial charge in [0.1, 0.15) is 17.3 Å². The summed E-state index contributed by atoms with van der Waals surface area (Å²) in [5.74, 6) is -2.73. The van der Waals surface area contributed by atoms with Crippen LogP contribution in [0.1, 0.15) is 38.1 Å². The zero-order chi connectivity index (χ0) is 15.1. The largest absolute Gasteiger partial charge is 0.383 e. The first-order valence-corrected chi connectivity index (χ1v) is 7.04. The van der Waals surface area contributed by atoms with Gasteiger partial charge in [-0.05, 0) is 31.4 Å². The topological polar surface area (TPSA) is 43.8 Å². The van der Waals surface area contributed by atoms with Crippen molar-refractivity contribution in [2.75, 3.05) is 5.73 Å². The predicted molar refractivity (Wildman–Crippen MR) is 74.2 cm³/mol. The Bertz CT molecular complexity index is 667. The number of aromatic nitrogens is 2. The molecular formula is C15H16F3N3. The molecule has 1 aromatic carbocycles. The zero-order valence-corrected chi connectivity index (χ0v) is 11.7. The minimum absolute atomic E-state index is 0.167.